The Bertz CT molecular complexity index is 968. The Morgan fingerprint density at radius 3 is 2.51 bits per heavy atom. The molecular formula is C30H45NO8. The van der Waals surface area contributed by atoms with Crippen LogP contribution in [0.5, 0.6) is 0 Å². The number of amides is 1. The van der Waals surface area contributed by atoms with Gasteiger partial charge in [-0.25, -0.2) is 0 Å². The van der Waals surface area contributed by atoms with Crippen molar-refractivity contribution in [1.29, 1.82) is 0 Å². The first-order valence-corrected chi connectivity index (χ1v) is 14.0. The Morgan fingerprint density at radius 1 is 1.15 bits per heavy atom. The number of allylic oxidation sites excluding steroid dienone is 2. The van der Waals surface area contributed by atoms with E-state index in [2.05, 4.69) is 18.3 Å². The molecular weight excluding hydrogens is 502 g/mol. The van der Waals surface area contributed by atoms with E-state index in [-0.39, 0.29) is 54.0 Å². The van der Waals surface area contributed by atoms with E-state index in [1.807, 2.05) is 26.0 Å². The lowest BCUT2D eigenvalue weighted by molar-refractivity contribution is -0.158. The molecule has 2 N–H and O–H groups in total. The largest absolute Gasteiger partial charge is 0.469 e. The predicted octanol–water partition coefficient (Wildman–Crippen LogP) is 3.55. The molecule has 0 radical (unpaired) electrons. The Labute approximate surface area is 232 Å². The van der Waals surface area contributed by atoms with Crippen LogP contribution in [0.15, 0.2) is 36.0 Å². The summed E-state index contributed by atoms with van der Waals surface area (Å²) in [5, 5.41) is 13.9. The minimum atomic E-state index is -0.579. The zero-order valence-corrected chi connectivity index (χ0v) is 24.1. The molecule has 2 saturated heterocycles. The summed E-state index contributed by atoms with van der Waals surface area (Å²) >= 11 is 0. The molecule has 2 heterocycles. The summed E-state index contributed by atoms with van der Waals surface area (Å²) in [6.45, 7) is 9.12. The number of aliphatic hydroxyl groups excluding tert-OH is 1. The van der Waals surface area contributed by atoms with Crippen molar-refractivity contribution in [2.45, 2.75) is 116 Å². The fourth-order valence-corrected chi connectivity index (χ4v) is 5.55. The van der Waals surface area contributed by atoms with E-state index < -0.39 is 24.3 Å². The molecule has 1 saturated carbocycles. The standard InChI is InChI=1S/C30H45NO8/c1-18(8-11-26-29(35)30(13-14-30)17-23(39-26)16-28(34)36-6)7-10-25-19(2)15-24(21(4)38-25)31-27(33)12-9-20(3)37-22(5)32/h7-9,11-12,19-21,23-26,29,35H,10,13-17H2,1-6H3,(H,31,33)/b11-8+,12-9-,18-7+/t19-,20?,21+,23+,24+,25-,26+,29+/m0/s1. The maximum absolute atomic E-state index is 12.3. The van der Waals surface area contributed by atoms with Gasteiger partial charge >= 0.3 is 11.9 Å². The van der Waals surface area contributed by atoms with Gasteiger partial charge in [-0.3, -0.25) is 14.4 Å². The van der Waals surface area contributed by atoms with Crippen LogP contribution in [-0.4, -0.2) is 72.7 Å². The van der Waals surface area contributed by atoms with Crippen LogP contribution in [0.1, 0.15) is 73.1 Å². The molecule has 1 unspecified atom stereocenters. The van der Waals surface area contributed by atoms with Gasteiger partial charge in [0.05, 0.1) is 44.0 Å². The molecule has 3 fully saturated rings. The number of hydrogen-bond acceptors (Lipinski definition) is 8. The fraction of sp³-hybridized carbons (Fsp3) is 0.700. The second kappa shape index (κ2) is 13.7. The van der Waals surface area contributed by atoms with Crippen molar-refractivity contribution in [2.75, 3.05) is 7.11 Å². The van der Waals surface area contributed by atoms with Gasteiger partial charge in [0.1, 0.15) is 12.2 Å². The van der Waals surface area contributed by atoms with Crippen LogP contribution in [0.4, 0.5) is 0 Å². The molecule has 0 aromatic rings. The minimum absolute atomic E-state index is 0.0201. The van der Waals surface area contributed by atoms with Crippen molar-refractivity contribution < 1.29 is 38.4 Å². The summed E-state index contributed by atoms with van der Waals surface area (Å²) in [4.78, 5) is 35.1. The maximum Gasteiger partial charge on any atom is 0.308 e. The van der Waals surface area contributed by atoms with Gasteiger partial charge in [0, 0.05) is 18.4 Å². The summed E-state index contributed by atoms with van der Waals surface area (Å²) < 4.78 is 22.1. The average Bonchev–Trinajstić information content (AvgIpc) is 3.64. The van der Waals surface area contributed by atoms with Crippen LogP contribution >= 0.6 is 0 Å². The second-order valence-corrected chi connectivity index (χ2v) is 11.4. The number of methoxy groups -OCH3 is 1. The number of aliphatic hydroxyl groups is 1. The quantitative estimate of drug-likeness (QED) is 0.242. The zero-order valence-electron chi connectivity index (χ0n) is 24.1. The molecule has 9 heteroatoms. The van der Waals surface area contributed by atoms with Gasteiger partial charge in [0.2, 0.25) is 5.91 Å². The highest BCUT2D eigenvalue weighted by Crippen LogP contribution is 2.56. The highest BCUT2D eigenvalue weighted by atomic mass is 16.5. The van der Waals surface area contributed by atoms with Gasteiger partial charge in [-0.15, -0.1) is 0 Å². The smallest absolute Gasteiger partial charge is 0.308 e. The van der Waals surface area contributed by atoms with E-state index in [1.54, 1.807) is 13.0 Å². The summed E-state index contributed by atoms with van der Waals surface area (Å²) in [6.07, 6.45) is 11.4. The molecule has 0 bridgehead atoms. The van der Waals surface area contributed by atoms with Gasteiger partial charge in [-0.05, 0) is 64.9 Å². The van der Waals surface area contributed by atoms with Crippen LogP contribution in [-0.2, 0) is 33.3 Å². The first-order valence-electron chi connectivity index (χ1n) is 14.0. The van der Waals surface area contributed by atoms with E-state index in [0.29, 0.717) is 6.42 Å². The molecule has 3 rings (SSSR count). The maximum atomic E-state index is 12.3. The van der Waals surface area contributed by atoms with E-state index >= 15 is 0 Å². The molecule has 9 nitrogen and oxygen atoms in total. The van der Waals surface area contributed by atoms with Crippen molar-refractivity contribution in [2.24, 2.45) is 11.3 Å². The summed E-state index contributed by atoms with van der Waals surface area (Å²) in [7, 11) is 1.38. The lowest BCUT2D eigenvalue weighted by Gasteiger charge is -2.39. The van der Waals surface area contributed by atoms with Crippen LogP contribution < -0.4 is 5.32 Å². The molecule has 8 atom stereocenters. The third-order valence-electron chi connectivity index (χ3n) is 8.07. The second-order valence-electron chi connectivity index (χ2n) is 11.4. The van der Waals surface area contributed by atoms with Crippen LogP contribution in [0, 0.1) is 11.3 Å². The number of ether oxygens (including phenoxy) is 4. The topological polar surface area (TPSA) is 120 Å². The van der Waals surface area contributed by atoms with E-state index in [9.17, 15) is 19.5 Å². The van der Waals surface area contributed by atoms with Crippen molar-refractivity contribution in [3.8, 4) is 0 Å². The molecule has 1 spiro atoms. The molecule has 1 amide bonds. The summed E-state index contributed by atoms with van der Waals surface area (Å²) in [6, 6.07) is -0.111. The van der Waals surface area contributed by atoms with Crippen molar-refractivity contribution in [1.82, 2.24) is 5.32 Å². The third kappa shape index (κ3) is 9.01. The Hall–Kier alpha value is -2.49. The molecule has 2 aliphatic heterocycles. The number of carbonyl (C=O) groups is 3. The minimum Gasteiger partial charge on any atom is -0.469 e. The van der Waals surface area contributed by atoms with Gasteiger partial charge in [-0.2, -0.15) is 0 Å². The van der Waals surface area contributed by atoms with Crippen LogP contribution in [0.25, 0.3) is 0 Å². The monoisotopic (exact) mass is 547 g/mol. The average molecular weight is 548 g/mol. The van der Waals surface area contributed by atoms with Crippen molar-refractivity contribution in [3.05, 3.63) is 36.0 Å². The Morgan fingerprint density at radius 2 is 1.87 bits per heavy atom. The number of carbonyl (C=O) groups excluding carboxylic acids is 3. The van der Waals surface area contributed by atoms with Crippen molar-refractivity contribution >= 4 is 17.8 Å². The highest BCUT2D eigenvalue weighted by molar-refractivity contribution is 5.87. The van der Waals surface area contributed by atoms with E-state index in [0.717, 1.165) is 31.3 Å². The fourth-order valence-electron chi connectivity index (χ4n) is 5.55. The zero-order chi connectivity index (χ0) is 28.7. The first kappa shape index (κ1) is 31.0. The normalized spacial score (nSPS) is 33.2. The number of rotatable bonds is 10. The first-order chi connectivity index (χ1) is 18.4. The lowest BCUT2D eigenvalue weighted by Crippen LogP contribution is -2.50. The van der Waals surface area contributed by atoms with Crippen LogP contribution in [0.2, 0.25) is 0 Å². The number of esters is 2. The molecule has 218 valence electrons. The predicted molar refractivity (Wildman–Crippen MR) is 146 cm³/mol. The molecule has 0 aromatic heterocycles. The molecule has 39 heavy (non-hydrogen) atoms. The van der Waals surface area contributed by atoms with Crippen LogP contribution in [0.3, 0.4) is 0 Å². The SMILES string of the molecule is COC(=O)C[C@@H]1CC2(CC2)[C@H](O)[C@@H](/C=C/C(C)=C/C[C@@H]2O[C@H](C)[C@H](NC(=O)/C=C\C(C)OC(C)=O)C[C@@H]2C)O1. The third-order valence-corrected chi connectivity index (χ3v) is 8.07. The number of nitrogens with one attached hydrogen (secondary N) is 1. The van der Waals surface area contributed by atoms with E-state index in [1.165, 1.54) is 20.1 Å². The highest BCUT2D eigenvalue weighted by Gasteiger charge is 2.56. The molecule has 3 aliphatic rings. The van der Waals surface area contributed by atoms with Gasteiger partial charge in [-0.1, -0.05) is 30.7 Å². The Kier molecular flexibility index (Phi) is 10.9. The summed E-state index contributed by atoms with van der Waals surface area (Å²) in [5.74, 6) is -0.693. The lowest BCUT2D eigenvalue weighted by atomic mass is 9.84. The number of hydrogen-bond donors (Lipinski definition) is 2. The van der Waals surface area contributed by atoms with Crippen molar-refractivity contribution in [3.63, 3.8) is 0 Å². The molecule has 1 aliphatic carbocycles. The molecule has 0 aromatic carbocycles. The Balaban J connectivity index is 1.50. The van der Waals surface area contributed by atoms with Gasteiger partial charge in [0.15, 0.2) is 0 Å². The summed E-state index contributed by atoms with van der Waals surface area (Å²) in [5.41, 5.74) is 0.893. The van der Waals surface area contributed by atoms with Gasteiger partial charge < -0.3 is 29.4 Å². The van der Waals surface area contributed by atoms with Gasteiger partial charge in [0.25, 0.3) is 0 Å². The van der Waals surface area contributed by atoms with E-state index in [4.69, 9.17) is 18.9 Å².